The molecule has 2 fully saturated rings. The molecule has 2 aliphatic rings. The van der Waals surface area contributed by atoms with Gasteiger partial charge in [-0.3, -0.25) is 0 Å². The second-order valence-corrected chi connectivity index (χ2v) is 5.14. The fourth-order valence-electron chi connectivity index (χ4n) is 2.03. The van der Waals surface area contributed by atoms with Crippen molar-refractivity contribution in [2.75, 3.05) is 0 Å². The predicted octanol–water partition coefficient (Wildman–Crippen LogP) is 2.64. The molecule has 0 spiro atoms. The third-order valence-corrected chi connectivity index (χ3v) is 3.55. The highest BCUT2D eigenvalue weighted by Crippen LogP contribution is 2.43. The quantitative estimate of drug-likeness (QED) is 0.843. The normalized spacial score (nSPS) is 22.1. The van der Waals surface area contributed by atoms with Crippen LogP contribution >= 0.6 is 0 Å². The van der Waals surface area contributed by atoms with Crippen molar-refractivity contribution in [2.24, 2.45) is 5.73 Å². The molecule has 3 nitrogen and oxygen atoms in total. The summed E-state index contributed by atoms with van der Waals surface area (Å²) < 4.78 is 0. The average molecular weight is 217 g/mol. The molecule has 1 atom stereocenters. The molecule has 2 saturated carbocycles. The maximum Gasteiger partial charge on any atom is 0.145 e. The number of hydrogen-bond acceptors (Lipinski definition) is 3. The summed E-state index contributed by atoms with van der Waals surface area (Å²) in [5.74, 6) is 2.26. The van der Waals surface area contributed by atoms with Crippen molar-refractivity contribution in [3.63, 3.8) is 0 Å². The molecule has 2 aliphatic carbocycles. The van der Waals surface area contributed by atoms with E-state index < -0.39 is 0 Å². The first-order chi connectivity index (χ1) is 7.78. The van der Waals surface area contributed by atoms with Crippen LogP contribution in [0.1, 0.15) is 74.1 Å². The smallest absolute Gasteiger partial charge is 0.145 e. The highest BCUT2D eigenvalue weighted by molar-refractivity contribution is 5.24. The van der Waals surface area contributed by atoms with Crippen LogP contribution in [0.4, 0.5) is 0 Å². The molecule has 0 aliphatic heterocycles. The van der Waals surface area contributed by atoms with E-state index in [9.17, 15) is 0 Å². The number of nitrogens with two attached hydrogens (primary N) is 1. The summed E-state index contributed by atoms with van der Waals surface area (Å²) in [5, 5.41) is 0. The second-order valence-electron chi connectivity index (χ2n) is 5.14. The lowest BCUT2D eigenvalue weighted by molar-refractivity contribution is 0.635. The van der Waals surface area contributed by atoms with Gasteiger partial charge in [0.2, 0.25) is 0 Å². The van der Waals surface area contributed by atoms with Crippen LogP contribution in [0.3, 0.4) is 0 Å². The number of hydrogen-bond donors (Lipinski definition) is 1. The van der Waals surface area contributed by atoms with E-state index in [-0.39, 0.29) is 6.04 Å². The molecule has 0 aromatic carbocycles. The lowest BCUT2D eigenvalue weighted by atomic mass is 10.1. The molecule has 0 radical (unpaired) electrons. The highest BCUT2D eigenvalue weighted by atomic mass is 14.9. The van der Waals surface area contributed by atoms with E-state index in [1.54, 1.807) is 0 Å². The van der Waals surface area contributed by atoms with E-state index in [2.05, 4.69) is 23.0 Å². The summed E-state index contributed by atoms with van der Waals surface area (Å²) in [6.07, 6.45) is 6.09. The van der Waals surface area contributed by atoms with Gasteiger partial charge in [-0.05, 0) is 38.2 Å². The van der Waals surface area contributed by atoms with Gasteiger partial charge in [0, 0.05) is 23.2 Å². The van der Waals surface area contributed by atoms with Gasteiger partial charge >= 0.3 is 0 Å². The van der Waals surface area contributed by atoms with Crippen LogP contribution in [0, 0.1) is 0 Å². The zero-order chi connectivity index (χ0) is 11.1. The van der Waals surface area contributed by atoms with Crippen LogP contribution < -0.4 is 5.73 Å². The van der Waals surface area contributed by atoms with Gasteiger partial charge in [0.1, 0.15) is 5.82 Å². The molecular formula is C13H19N3. The predicted molar refractivity (Wildman–Crippen MR) is 63.2 cm³/mol. The van der Waals surface area contributed by atoms with Gasteiger partial charge in [0.05, 0.1) is 6.04 Å². The molecule has 1 aromatic rings. The first kappa shape index (κ1) is 10.2. The van der Waals surface area contributed by atoms with Crippen LogP contribution in [0.2, 0.25) is 0 Å². The summed E-state index contributed by atoms with van der Waals surface area (Å²) in [4.78, 5) is 9.28. The molecule has 0 bridgehead atoms. The first-order valence-corrected chi connectivity index (χ1v) is 6.42. The SMILES string of the molecule is CCC(N)c1nc(C2CC2)cc(C2CC2)n1. The minimum Gasteiger partial charge on any atom is -0.321 e. The van der Waals surface area contributed by atoms with Crippen molar-refractivity contribution in [3.05, 3.63) is 23.3 Å². The van der Waals surface area contributed by atoms with Crippen LogP contribution in [0.5, 0.6) is 0 Å². The maximum atomic E-state index is 6.05. The molecule has 16 heavy (non-hydrogen) atoms. The molecule has 1 aromatic heterocycles. The van der Waals surface area contributed by atoms with E-state index in [0.29, 0.717) is 11.8 Å². The third-order valence-electron chi connectivity index (χ3n) is 3.55. The van der Waals surface area contributed by atoms with Crippen LogP contribution in [0.25, 0.3) is 0 Å². The molecule has 1 heterocycles. The Morgan fingerprint density at radius 1 is 1.19 bits per heavy atom. The van der Waals surface area contributed by atoms with Crippen LogP contribution in [-0.4, -0.2) is 9.97 Å². The molecule has 0 amide bonds. The minimum absolute atomic E-state index is 0.0104. The summed E-state index contributed by atoms with van der Waals surface area (Å²) in [7, 11) is 0. The van der Waals surface area contributed by atoms with Crippen molar-refractivity contribution in [1.82, 2.24) is 9.97 Å². The molecule has 86 valence electrons. The third kappa shape index (κ3) is 1.96. The molecule has 1 unspecified atom stereocenters. The average Bonchev–Trinajstić information content (AvgIpc) is 3.20. The lowest BCUT2D eigenvalue weighted by Gasteiger charge is -2.11. The molecular weight excluding hydrogens is 198 g/mol. The number of nitrogens with zero attached hydrogens (tertiary/aromatic N) is 2. The van der Waals surface area contributed by atoms with E-state index in [1.807, 2.05) is 0 Å². The Kier molecular flexibility index (Phi) is 2.43. The fourth-order valence-corrected chi connectivity index (χ4v) is 2.03. The van der Waals surface area contributed by atoms with Gasteiger partial charge < -0.3 is 5.73 Å². The topological polar surface area (TPSA) is 51.8 Å². The Balaban J connectivity index is 1.95. The van der Waals surface area contributed by atoms with Crippen LogP contribution in [-0.2, 0) is 0 Å². The number of rotatable bonds is 4. The van der Waals surface area contributed by atoms with E-state index in [4.69, 9.17) is 5.73 Å². The maximum absolute atomic E-state index is 6.05. The Morgan fingerprint density at radius 2 is 1.69 bits per heavy atom. The van der Waals surface area contributed by atoms with Gasteiger partial charge in [-0.25, -0.2) is 9.97 Å². The lowest BCUT2D eigenvalue weighted by Crippen LogP contribution is -2.15. The minimum atomic E-state index is 0.0104. The summed E-state index contributed by atoms with van der Waals surface area (Å²) in [6, 6.07) is 2.23. The monoisotopic (exact) mass is 217 g/mol. The Bertz CT molecular complexity index is 364. The highest BCUT2D eigenvalue weighted by Gasteiger charge is 2.30. The summed E-state index contributed by atoms with van der Waals surface area (Å²) in [5.41, 5.74) is 8.54. The van der Waals surface area contributed by atoms with Gasteiger partial charge in [-0.2, -0.15) is 0 Å². The summed E-state index contributed by atoms with van der Waals surface area (Å²) in [6.45, 7) is 2.09. The fraction of sp³-hybridized carbons (Fsp3) is 0.692. The van der Waals surface area contributed by atoms with E-state index >= 15 is 0 Å². The van der Waals surface area contributed by atoms with Gasteiger partial charge in [-0.1, -0.05) is 6.92 Å². The van der Waals surface area contributed by atoms with Gasteiger partial charge in [-0.15, -0.1) is 0 Å². The zero-order valence-corrected chi connectivity index (χ0v) is 9.82. The van der Waals surface area contributed by atoms with Crippen molar-refractivity contribution in [2.45, 2.75) is 56.9 Å². The van der Waals surface area contributed by atoms with Crippen molar-refractivity contribution >= 4 is 0 Å². The standard InChI is InChI=1S/C13H19N3/c1-2-10(14)13-15-11(8-3-4-8)7-12(16-13)9-5-6-9/h7-10H,2-6,14H2,1H3. The Morgan fingerprint density at radius 3 is 2.06 bits per heavy atom. The molecule has 2 N–H and O–H groups in total. The number of aromatic nitrogens is 2. The van der Waals surface area contributed by atoms with E-state index in [0.717, 1.165) is 12.2 Å². The molecule has 3 heteroatoms. The Labute approximate surface area is 96.5 Å². The van der Waals surface area contributed by atoms with Crippen molar-refractivity contribution in [1.29, 1.82) is 0 Å². The van der Waals surface area contributed by atoms with Crippen molar-refractivity contribution < 1.29 is 0 Å². The van der Waals surface area contributed by atoms with Gasteiger partial charge in [0.25, 0.3) is 0 Å². The van der Waals surface area contributed by atoms with Crippen LogP contribution in [0.15, 0.2) is 6.07 Å². The van der Waals surface area contributed by atoms with E-state index in [1.165, 1.54) is 37.1 Å². The zero-order valence-electron chi connectivity index (χ0n) is 9.82. The van der Waals surface area contributed by atoms with Gasteiger partial charge in [0.15, 0.2) is 0 Å². The largest absolute Gasteiger partial charge is 0.321 e. The van der Waals surface area contributed by atoms with Crippen molar-refractivity contribution in [3.8, 4) is 0 Å². The molecule has 3 rings (SSSR count). The first-order valence-electron chi connectivity index (χ1n) is 6.42. The Hall–Kier alpha value is -0.960. The molecule has 0 saturated heterocycles. The summed E-state index contributed by atoms with van der Waals surface area (Å²) >= 11 is 0. The second kappa shape index (κ2) is 3.81.